The van der Waals surface area contributed by atoms with Crippen LogP contribution in [0.1, 0.15) is 25.3 Å². The van der Waals surface area contributed by atoms with Crippen LogP contribution in [0.5, 0.6) is 0 Å². The number of aliphatic hydroxyl groups excluding tert-OH is 1. The van der Waals surface area contributed by atoms with Crippen molar-refractivity contribution in [3.05, 3.63) is 58.3 Å². The highest BCUT2D eigenvalue weighted by atomic mass is 79.9. The number of aromatic nitrogens is 1. The number of nitrogens with zero attached hydrogens (tertiary/aromatic N) is 4. The Bertz CT molecular complexity index is 720. The summed E-state index contributed by atoms with van der Waals surface area (Å²) in [5.41, 5.74) is 0.781. The molecule has 0 unspecified atom stereocenters. The van der Waals surface area contributed by atoms with E-state index in [1.165, 1.54) is 12.4 Å². The number of hydrogen-bond donors (Lipinski definition) is 3. The molecule has 8 nitrogen and oxygen atoms in total. The van der Waals surface area contributed by atoms with Crippen LogP contribution in [0, 0.1) is 5.21 Å². The van der Waals surface area contributed by atoms with E-state index in [0.717, 1.165) is 23.1 Å². The summed E-state index contributed by atoms with van der Waals surface area (Å²) in [5, 5.41) is 33.2. The zero-order valence-corrected chi connectivity index (χ0v) is 18.2. The molecule has 0 saturated carbocycles. The van der Waals surface area contributed by atoms with Crippen molar-refractivity contribution in [2.45, 2.75) is 32.4 Å². The lowest BCUT2D eigenvalue weighted by molar-refractivity contribution is -0.605. The lowest BCUT2D eigenvalue weighted by Crippen LogP contribution is -2.37. The lowest BCUT2D eigenvalue weighted by atomic mass is 10.2. The molecule has 1 aromatic heterocycles. The number of aliphatic hydroxyl groups is 1. The number of amidine groups is 1. The Morgan fingerprint density at radius 2 is 2.29 bits per heavy atom. The first-order valence-electron chi connectivity index (χ1n) is 9.00. The summed E-state index contributed by atoms with van der Waals surface area (Å²) in [6.45, 7) is 6.15. The van der Waals surface area contributed by atoms with Gasteiger partial charge < -0.3 is 20.9 Å². The minimum absolute atomic E-state index is 0.0320. The van der Waals surface area contributed by atoms with E-state index in [1.54, 1.807) is 37.5 Å². The van der Waals surface area contributed by atoms with Gasteiger partial charge in [-0.25, -0.2) is 0 Å². The Morgan fingerprint density at radius 1 is 1.54 bits per heavy atom. The first-order valence-corrected chi connectivity index (χ1v) is 9.80. The molecule has 0 aliphatic heterocycles. The second-order valence-electron chi connectivity index (χ2n) is 6.08. The van der Waals surface area contributed by atoms with E-state index in [-0.39, 0.29) is 12.6 Å². The maximum Gasteiger partial charge on any atom is 0.185 e. The highest BCUT2D eigenvalue weighted by Crippen LogP contribution is 2.04. The van der Waals surface area contributed by atoms with Crippen LogP contribution < -0.4 is 15.4 Å². The Morgan fingerprint density at radius 3 is 2.86 bits per heavy atom. The largest absolute Gasteiger partial charge is 0.619 e. The first kappa shape index (κ1) is 23.6. The lowest BCUT2D eigenvalue weighted by Gasteiger charge is -2.21. The van der Waals surface area contributed by atoms with Gasteiger partial charge in [0, 0.05) is 36.3 Å². The van der Waals surface area contributed by atoms with Gasteiger partial charge in [-0.15, -0.1) is 0 Å². The van der Waals surface area contributed by atoms with E-state index in [1.807, 2.05) is 6.07 Å². The standard InChI is InChI=1S/C19H29BrN6O2/c1-5-7-17(14-27)24-18(21-3)10-19(25(4)23-11-15(2)20)22-12-16-8-6-9-26(28)13-16/h6,8-11,13,17,21,24,27H,2,5,7,12,14H2,1,3-4H3/b18-10?,22-19?,23-11-/t17-/m0/s1. The van der Waals surface area contributed by atoms with Gasteiger partial charge in [0.15, 0.2) is 12.4 Å². The average molecular weight is 453 g/mol. The average Bonchev–Trinajstić information content (AvgIpc) is 2.67. The molecule has 154 valence electrons. The van der Waals surface area contributed by atoms with Crippen molar-refractivity contribution >= 4 is 28.0 Å². The quantitative estimate of drug-likeness (QED) is 0.156. The molecule has 0 aromatic carbocycles. The summed E-state index contributed by atoms with van der Waals surface area (Å²) in [6.07, 6.45) is 8.08. The highest BCUT2D eigenvalue weighted by Gasteiger charge is 2.10. The van der Waals surface area contributed by atoms with Crippen LogP contribution in [0.25, 0.3) is 0 Å². The molecule has 0 radical (unpaired) electrons. The first-order chi connectivity index (χ1) is 13.4. The number of allylic oxidation sites excluding steroid dienone is 1. The number of hydrazone groups is 1. The van der Waals surface area contributed by atoms with E-state index < -0.39 is 0 Å². The summed E-state index contributed by atoms with van der Waals surface area (Å²) in [5.74, 6) is 1.27. The molecule has 3 N–H and O–H groups in total. The Labute approximate surface area is 175 Å². The fraction of sp³-hybridized carbons (Fsp3) is 0.421. The molecule has 0 aliphatic carbocycles. The van der Waals surface area contributed by atoms with Gasteiger partial charge >= 0.3 is 0 Å². The van der Waals surface area contributed by atoms with Crippen molar-refractivity contribution in [3.8, 4) is 0 Å². The molecular weight excluding hydrogens is 424 g/mol. The maximum atomic E-state index is 11.4. The van der Waals surface area contributed by atoms with Gasteiger partial charge in [-0.2, -0.15) is 9.83 Å². The Hall–Kier alpha value is -2.39. The zero-order valence-electron chi connectivity index (χ0n) is 16.6. The number of likely N-dealkylation sites (N-methyl/N-ethyl adjacent to an activating group) is 1. The summed E-state index contributed by atoms with van der Waals surface area (Å²) >= 11 is 3.24. The maximum absolute atomic E-state index is 11.4. The Kier molecular flexibility index (Phi) is 10.9. The van der Waals surface area contributed by atoms with Crippen molar-refractivity contribution in [2.24, 2.45) is 10.1 Å². The van der Waals surface area contributed by atoms with Crippen LogP contribution in [-0.2, 0) is 6.54 Å². The third-order valence-corrected chi connectivity index (χ3v) is 3.93. The molecule has 0 bridgehead atoms. The van der Waals surface area contributed by atoms with Crippen molar-refractivity contribution < 1.29 is 9.84 Å². The molecular formula is C19H29BrN6O2. The number of hydrogen-bond acceptors (Lipinski definition) is 6. The summed E-state index contributed by atoms with van der Waals surface area (Å²) < 4.78 is 1.38. The van der Waals surface area contributed by atoms with E-state index >= 15 is 0 Å². The van der Waals surface area contributed by atoms with Crippen LogP contribution in [0.4, 0.5) is 0 Å². The van der Waals surface area contributed by atoms with Crippen LogP contribution in [-0.4, -0.2) is 48.9 Å². The number of rotatable bonds is 11. The molecule has 1 heterocycles. The molecule has 0 amide bonds. The topological polar surface area (TPSA) is 99.2 Å². The van der Waals surface area contributed by atoms with Crippen molar-refractivity contribution in [2.75, 3.05) is 20.7 Å². The van der Waals surface area contributed by atoms with E-state index in [4.69, 9.17) is 0 Å². The van der Waals surface area contributed by atoms with Gasteiger partial charge in [0.2, 0.25) is 0 Å². The van der Waals surface area contributed by atoms with Crippen molar-refractivity contribution in [3.63, 3.8) is 0 Å². The summed E-state index contributed by atoms with van der Waals surface area (Å²) in [7, 11) is 3.56. The zero-order chi connectivity index (χ0) is 20.9. The number of nitrogens with one attached hydrogen (secondary N) is 2. The molecule has 1 rings (SSSR count). The molecule has 0 fully saturated rings. The normalized spacial score (nSPS) is 13.5. The second-order valence-corrected chi connectivity index (χ2v) is 7.10. The van der Waals surface area contributed by atoms with Gasteiger partial charge in [0.05, 0.1) is 25.4 Å². The molecule has 1 atom stereocenters. The van der Waals surface area contributed by atoms with Gasteiger partial charge in [-0.05, 0) is 28.4 Å². The van der Waals surface area contributed by atoms with E-state index in [0.29, 0.717) is 22.7 Å². The van der Waals surface area contributed by atoms with Gasteiger partial charge in [-0.3, -0.25) is 10.0 Å². The van der Waals surface area contributed by atoms with Gasteiger partial charge in [0.1, 0.15) is 11.7 Å². The second kappa shape index (κ2) is 12.9. The van der Waals surface area contributed by atoms with Crippen LogP contribution >= 0.6 is 15.9 Å². The molecule has 0 spiro atoms. The fourth-order valence-corrected chi connectivity index (χ4v) is 2.40. The van der Waals surface area contributed by atoms with Crippen molar-refractivity contribution in [1.29, 1.82) is 0 Å². The molecule has 0 saturated heterocycles. The number of halogens is 1. The van der Waals surface area contributed by atoms with Gasteiger partial charge in [-0.1, -0.05) is 19.9 Å². The molecule has 0 aliphatic rings. The van der Waals surface area contributed by atoms with Crippen LogP contribution in [0.2, 0.25) is 0 Å². The van der Waals surface area contributed by atoms with Gasteiger partial charge in [0.25, 0.3) is 0 Å². The predicted molar refractivity (Wildman–Crippen MR) is 117 cm³/mol. The number of pyridine rings is 1. The SMILES string of the molecule is C=C(Br)/C=N\N(C)C(C=C(NC)N[C@H](CO)CCC)=NCc1ccc[n+]([O-])c1. The van der Waals surface area contributed by atoms with E-state index in [2.05, 4.69) is 50.2 Å². The third-order valence-electron chi connectivity index (χ3n) is 3.72. The minimum atomic E-state index is -0.0605. The summed E-state index contributed by atoms with van der Waals surface area (Å²) in [6, 6.07) is 3.46. The molecule has 1 aromatic rings. The van der Waals surface area contributed by atoms with Crippen LogP contribution in [0.15, 0.2) is 57.6 Å². The fourth-order valence-electron chi connectivity index (χ4n) is 2.31. The third kappa shape index (κ3) is 9.01. The Balaban J connectivity index is 3.12. The van der Waals surface area contributed by atoms with Crippen molar-refractivity contribution in [1.82, 2.24) is 15.6 Å². The minimum Gasteiger partial charge on any atom is -0.619 e. The highest BCUT2D eigenvalue weighted by molar-refractivity contribution is 9.12. The van der Waals surface area contributed by atoms with E-state index in [9.17, 15) is 10.3 Å². The monoisotopic (exact) mass is 452 g/mol. The van der Waals surface area contributed by atoms with Crippen LogP contribution in [0.3, 0.4) is 0 Å². The molecule has 28 heavy (non-hydrogen) atoms. The number of aliphatic imine (C=N–C) groups is 1. The predicted octanol–water partition coefficient (Wildman–Crippen LogP) is 1.86. The summed E-state index contributed by atoms with van der Waals surface area (Å²) in [4.78, 5) is 4.59. The smallest absolute Gasteiger partial charge is 0.185 e. The molecule has 9 heteroatoms.